The molecule has 3 rings (SSSR count). The van der Waals surface area contributed by atoms with Gasteiger partial charge in [-0.1, -0.05) is 48.0 Å². The average Bonchev–Trinajstić information content (AvgIpc) is 2.60. The third-order valence-corrected chi connectivity index (χ3v) is 4.87. The molecule has 0 saturated carbocycles. The second-order valence-corrected chi connectivity index (χ2v) is 6.79. The lowest BCUT2D eigenvalue weighted by Crippen LogP contribution is -2.35. The number of carboxylic acids is 1. The maximum absolute atomic E-state index is 12.9. The minimum Gasteiger partial charge on any atom is -0.481 e. The second-order valence-electron chi connectivity index (χ2n) is 6.36. The molecule has 2 atom stereocenters. The van der Waals surface area contributed by atoms with Gasteiger partial charge in [-0.25, -0.2) is 0 Å². The molecule has 130 valence electrons. The van der Waals surface area contributed by atoms with E-state index in [-0.39, 0.29) is 18.2 Å². The van der Waals surface area contributed by atoms with Gasteiger partial charge in [-0.05, 0) is 48.1 Å². The molecular formula is C20H20ClNO3. The Kier molecular flexibility index (Phi) is 5.39. The van der Waals surface area contributed by atoms with Crippen LogP contribution in [0.3, 0.4) is 0 Å². The van der Waals surface area contributed by atoms with Gasteiger partial charge in [0.25, 0.3) is 0 Å². The summed E-state index contributed by atoms with van der Waals surface area (Å²) < 4.78 is 0. The van der Waals surface area contributed by atoms with Gasteiger partial charge in [0.1, 0.15) is 0 Å². The third-order valence-electron chi connectivity index (χ3n) is 4.63. The molecule has 2 unspecified atom stereocenters. The summed E-state index contributed by atoms with van der Waals surface area (Å²) in [5.41, 5.74) is 2.95. The molecular weight excluding hydrogens is 338 g/mol. The molecule has 0 aliphatic heterocycles. The monoisotopic (exact) mass is 357 g/mol. The van der Waals surface area contributed by atoms with Gasteiger partial charge in [0.05, 0.1) is 18.4 Å². The number of nitrogens with one attached hydrogen (secondary N) is 1. The molecule has 5 heteroatoms. The number of hydrogen-bond acceptors (Lipinski definition) is 2. The lowest BCUT2D eigenvalue weighted by atomic mass is 9.82. The Morgan fingerprint density at radius 1 is 1.20 bits per heavy atom. The van der Waals surface area contributed by atoms with Crippen molar-refractivity contribution in [3.8, 4) is 0 Å². The van der Waals surface area contributed by atoms with E-state index < -0.39 is 12.0 Å². The SMILES string of the molecule is O=C(O)CC(NC(=O)C1CCCc2ccccc21)c1cccc(Cl)c1. The first kappa shape index (κ1) is 17.5. The fourth-order valence-electron chi connectivity index (χ4n) is 3.45. The third kappa shape index (κ3) is 4.20. The lowest BCUT2D eigenvalue weighted by Gasteiger charge is -2.27. The predicted octanol–water partition coefficient (Wildman–Crippen LogP) is 4.09. The fraction of sp³-hybridized carbons (Fsp3) is 0.300. The van der Waals surface area contributed by atoms with Crippen molar-refractivity contribution in [2.75, 3.05) is 0 Å². The van der Waals surface area contributed by atoms with E-state index in [1.54, 1.807) is 24.3 Å². The molecule has 1 aliphatic rings. The van der Waals surface area contributed by atoms with E-state index in [4.69, 9.17) is 11.6 Å². The zero-order valence-corrected chi connectivity index (χ0v) is 14.5. The maximum Gasteiger partial charge on any atom is 0.305 e. The summed E-state index contributed by atoms with van der Waals surface area (Å²) in [7, 11) is 0. The maximum atomic E-state index is 12.9. The van der Waals surface area contributed by atoms with E-state index in [1.165, 1.54) is 5.56 Å². The lowest BCUT2D eigenvalue weighted by molar-refractivity contribution is -0.137. The van der Waals surface area contributed by atoms with Crippen LogP contribution >= 0.6 is 11.6 Å². The van der Waals surface area contributed by atoms with Gasteiger partial charge in [0.2, 0.25) is 5.91 Å². The molecule has 4 nitrogen and oxygen atoms in total. The van der Waals surface area contributed by atoms with Crippen molar-refractivity contribution >= 4 is 23.5 Å². The van der Waals surface area contributed by atoms with Crippen molar-refractivity contribution in [2.45, 2.75) is 37.6 Å². The molecule has 0 heterocycles. The first-order valence-electron chi connectivity index (χ1n) is 8.40. The minimum absolute atomic E-state index is 0.127. The van der Waals surface area contributed by atoms with E-state index in [1.807, 2.05) is 18.2 Å². The summed E-state index contributed by atoms with van der Waals surface area (Å²) >= 11 is 6.02. The Hall–Kier alpha value is -2.33. The molecule has 25 heavy (non-hydrogen) atoms. The number of carbonyl (C=O) groups is 2. The molecule has 1 amide bonds. The van der Waals surface area contributed by atoms with Crippen molar-refractivity contribution in [1.82, 2.24) is 5.32 Å². The zero-order chi connectivity index (χ0) is 17.8. The normalized spacial score (nSPS) is 17.4. The van der Waals surface area contributed by atoms with Crippen LogP contribution in [0.15, 0.2) is 48.5 Å². The highest BCUT2D eigenvalue weighted by Crippen LogP contribution is 2.32. The van der Waals surface area contributed by atoms with Gasteiger partial charge in [-0.15, -0.1) is 0 Å². The second kappa shape index (κ2) is 7.70. The number of hydrogen-bond donors (Lipinski definition) is 2. The molecule has 0 spiro atoms. The fourth-order valence-corrected chi connectivity index (χ4v) is 3.65. The highest BCUT2D eigenvalue weighted by molar-refractivity contribution is 6.30. The van der Waals surface area contributed by atoms with Crippen LogP contribution in [0.1, 0.15) is 47.9 Å². The summed E-state index contributed by atoms with van der Waals surface area (Å²) in [5, 5.41) is 12.7. The van der Waals surface area contributed by atoms with E-state index in [2.05, 4.69) is 11.4 Å². The molecule has 0 radical (unpaired) electrons. The molecule has 0 bridgehead atoms. The minimum atomic E-state index is -0.964. The molecule has 0 fully saturated rings. The summed E-state index contributed by atoms with van der Waals surface area (Å²) in [4.78, 5) is 24.1. The van der Waals surface area contributed by atoms with Crippen LogP contribution in [-0.2, 0) is 16.0 Å². The van der Waals surface area contributed by atoms with Gasteiger partial charge in [0, 0.05) is 5.02 Å². The van der Waals surface area contributed by atoms with Crippen LogP contribution in [0.2, 0.25) is 5.02 Å². The zero-order valence-electron chi connectivity index (χ0n) is 13.7. The number of carbonyl (C=O) groups excluding carboxylic acids is 1. The van der Waals surface area contributed by atoms with E-state index in [0.29, 0.717) is 10.6 Å². The van der Waals surface area contributed by atoms with Crippen molar-refractivity contribution in [2.24, 2.45) is 0 Å². The van der Waals surface area contributed by atoms with Gasteiger partial charge >= 0.3 is 5.97 Å². The van der Waals surface area contributed by atoms with Gasteiger partial charge in [-0.3, -0.25) is 9.59 Å². The first-order valence-corrected chi connectivity index (χ1v) is 8.78. The highest BCUT2D eigenvalue weighted by atomic mass is 35.5. The first-order chi connectivity index (χ1) is 12.0. The quantitative estimate of drug-likeness (QED) is 0.846. The van der Waals surface area contributed by atoms with Crippen LogP contribution in [0.25, 0.3) is 0 Å². The smallest absolute Gasteiger partial charge is 0.305 e. The summed E-state index contributed by atoms with van der Waals surface area (Å²) in [6, 6.07) is 14.3. The number of aliphatic carboxylic acids is 1. The molecule has 0 saturated heterocycles. The topological polar surface area (TPSA) is 66.4 Å². The van der Waals surface area contributed by atoms with Crippen LogP contribution in [0.5, 0.6) is 0 Å². The number of amides is 1. The molecule has 2 aromatic rings. The Bertz CT molecular complexity index is 790. The van der Waals surface area contributed by atoms with Crippen LogP contribution in [0, 0.1) is 0 Å². The van der Waals surface area contributed by atoms with Gasteiger partial charge in [0.15, 0.2) is 0 Å². The number of fused-ring (bicyclic) bond motifs is 1. The molecule has 2 N–H and O–H groups in total. The molecule has 2 aromatic carbocycles. The average molecular weight is 358 g/mol. The molecule has 0 aromatic heterocycles. The Balaban J connectivity index is 1.83. The van der Waals surface area contributed by atoms with E-state index in [9.17, 15) is 14.7 Å². The number of aryl methyl sites for hydroxylation is 1. The largest absolute Gasteiger partial charge is 0.481 e. The predicted molar refractivity (Wildman–Crippen MR) is 96.7 cm³/mol. The Morgan fingerprint density at radius 2 is 2.00 bits per heavy atom. The summed E-state index contributed by atoms with van der Waals surface area (Å²) in [6.07, 6.45) is 2.53. The number of halogens is 1. The van der Waals surface area contributed by atoms with Gasteiger partial charge < -0.3 is 10.4 Å². The van der Waals surface area contributed by atoms with Gasteiger partial charge in [-0.2, -0.15) is 0 Å². The molecule has 1 aliphatic carbocycles. The Morgan fingerprint density at radius 3 is 2.76 bits per heavy atom. The van der Waals surface area contributed by atoms with Crippen LogP contribution in [-0.4, -0.2) is 17.0 Å². The summed E-state index contributed by atoms with van der Waals surface area (Å²) in [6.45, 7) is 0. The van der Waals surface area contributed by atoms with Crippen LogP contribution < -0.4 is 5.32 Å². The van der Waals surface area contributed by atoms with Crippen molar-refractivity contribution in [1.29, 1.82) is 0 Å². The number of benzene rings is 2. The number of carboxylic acid groups (broad SMARTS) is 1. The van der Waals surface area contributed by atoms with Crippen molar-refractivity contribution < 1.29 is 14.7 Å². The van der Waals surface area contributed by atoms with Crippen molar-refractivity contribution in [3.05, 3.63) is 70.2 Å². The van der Waals surface area contributed by atoms with E-state index >= 15 is 0 Å². The highest BCUT2D eigenvalue weighted by Gasteiger charge is 2.28. The number of rotatable bonds is 5. The van der Waals surface area contributed by atoms with Crippen LogP contribution in [0.4, 0.5) is 0 Å². The van der Waals surface area contributed by atoms with E-state index in [0.717, 1.165) is 24.8 Å². The summed E-state index contributed by atoms with van der Waals surface area (Å²) in [5.74, 6) is -1.33. The Labute approximate surface area is 151 Å². The standard InChI is InChI=1S/C20H20ClNO3/c21-15-8-3-7-14(11-15)18(12-19(23)24)22-20(25)17-10-4-6-13-5-1-2-9-16(13)17/h1-3,5,7-9,11,17-18H,4,6,10,12H2,(H,22,25)(H,23,24). The van der Waals surface area contributed by atoms with Crippen molar-refractivity contribution in [3.63, 3.8) is 0 Å².